The average Bonchev–Trinajstić information content (AvgIpc) is 2.29. The number of likely N-dealkylation sites (tertiary alicyclic amines) is 1. The number of nitrogens with zero attached hydrogens (tertiary/aromatic N) is 1. The largest absolute Gasteiger partial charge is 0.386 e. The molecule has 0 aromatic heterocycles. The van der Waals surface area contributed by atoms with Gasteiger partial charge in [-0.15, -0.1) is 0 Å². The maximum atomic E-state index is 12.0. The first-order chi connectivity index (χ1) is 7.89. The van der Waals surface area contributed by atoms with E-state index in [1.54, 1.807) is 6.92 Å². The van der Waals surface area contributed by atoms with E-state index in [0.29, 0.717) is 12.3 Å². The molecule has 1 atom stereocenters. The van der Waals surface area contributed by atoms with Crippen LogP contribution in [0.3, 0.4) is 0 Å². The predicted octanol–water partition coefficient (Wildman–Crippen LogP) is 1.53. The summed E-state index contributed by atoms with van der Waals surface area (Å²) in [5.41, 5.74) is 4.81. The summed E-state index contributed by atoms with van der Waals surface area (Å²) in [6.45, 7) is 7.51. The van der Waals surface area contributed by atoms with E-state index in [-0.39, 0.29) is 11.9 Å². The molecule has 4 N–H and O–H groups in total. The molecule has 17 heavy (non-hydrogen) atoms. The lowest BCUT2D eigenvalue weighted by Crippen LogP contribution is -2.58. The lowest BCUT2D eigenvalue weighted by atomic mass is 9.97. The molecule has 5 heteroatoms. The minimum atomic E-state index is -0.722. The summed E-state index contributed by atoms with van der Waals surface area (Å²) in [5, 5.41) is 10.4. The van der Waals surface area contributed by atoms with Crippen LogP contribution in [0.5, 0.6) is 0 Å². The standard InChI is InChI=1S/C12H24N4O/c1-4-12(3,10(13)14)15-11(17)16-7-5-9(2)6-8-16/h9H,4-8H2,1-3H3,(H3,13,14)(H,15,17). The molecule has 0 radical (unpaired) electrons. The summed E-state index contributed by atoms with van der Waals surface area (Å²) in [6, 6.07) is -0.101. The van der Waals surface area contributed by atoms with Crippen LogP contribution >= 0.6 is 0 Å². The number of hydrogen-bond acceptors (Lipinski definition) is 2. The fourth-order valence-corrected chi connectivity index (χ4v) is 1.87. The van der Waals surface area contributed by atoms with Crippen LogP contribution in [0.4, 0.5) is 4.79 Å². The van der Waals surface area contributed by atoms with Crippen LogP contribution in [0, 0.1) is 11.3 Å². The van der Waals surface area contributed by atoms with E-state index in [1.165, 1.54) is 0 Å². The molecule has 1 fully saturated rings. The zero-order chi connectivity index (χ0) is 13.1. The first kappa shape index (κ1) is 13.8. The van der Waals surface area contributed by atoms with Crippen LogP contribution in [0.15, 0.2) is 0 Å². The van der Waals surface area contributed by atoms with Gasteiger partial charge in [-0.2, -0.15) is 0 Å². The summed E-state index contributed by atoms with van der Waals surface area (Å²) in [7, 11) is 0. The fraction of sp³-hybridized carbons (Fsp3) is 0.833. The summed E-state index contributed by atoms with van der Waals surface area (Å²) >= 11 is 0. The van der Waals surface area contributed by atoms with Gasteiger partial charge in [0.15, 0.2) is 0 Å². The molecule has 2 amide bonds. The molecule has 0 saturated carbocycles. The Balaban J connectivity index is 2.56. The molecule has 98 valence electrons. The molecule has 0 aliphatic carbocycles. The maximum Gasteiger partial charge on any atom is 0.318 e. The number of carbonyl (C=O) groups is 1. The second-order valence-corrected chi connectivity index (χ2v) is 5.20. The van der Waals surface area contributed by atoms with Crippen LogP contribution in [-0.4, -0.2) is 35.4 Å². The van der Waals surface area contributed by atoms with Gasteiger partial charge in [0.1, 0.15) is 5.84 Å². The molecule has 0 aromatic rings. The summed E-state index contributed by atoms with van der Waals surface area (Å²) in [4.78, 5) is 13.9. The highest BCUT2D eigenvalue weighted by atomic mass is 16.2. The van der Waals surface area contributed by atoms with Gasteiger partial charge in [-0.3, -0.25) is 5.41 Å². The van der Waals surface area contributed by atoms with E-state index in [2.05, 4.69) is 12.2 Å². The fourth-order valence-electron chi connectivity index (χ4n) is 1.87. The number of hydrogen-bond donors (Lipinski definition) is 3. The second-order valence-electron chi connectivity index (χ2n) is 5.20. The van der Waals surface area contributed by atoms with Crippen LogP contribution in [0.2, 0.25) is 0 Å². The molecule has 1 aliphatic rings. The van der Waals surface area contributed by atoms with Crippen molar-refractivity contribution in [2.45, 2.75) is 45.6 Å². The smallest absolute Gasteiger partial charge is 0.318 e. The Morgan fingerprint density at radius 2 is 2.06 bits per heavy atom. The van der Waals surface area contributed by atoms with Gasteiger partial charge in [-0.05, 0) is 32.1 Å². The lowest BCUT2D eigenvalue weighted by molar-refractivity contribution is 0.168. The third-order valence-corrected chi connectivity index (χ3v) is 3.76. The number of rotatable bonds is 3. The van der Waals surface area contributed by atoms with Gasteiger partial charge in [0.25, 0.3) is 0 Å². The van der Waals surface area contributed by atoms with Crippen molar-refractivity contribution >= 4 is 11.9 Å². The number of piperidine rings is 1. The van der Waals surface area contributed by atoms with Crippen molar-refractivity contribution in [2.75, 3.05) is 13.1 Å². The Bertz CT molecular complexity index is 297. The monoisotopic (exact) mass is 240 g/mol. The van der Waals surface area contributed by atoms with Crippen molar-refractivity contribution in [1.29, 1.82) is 5.41 Å². The highest BCUT2D eigenvalue weighted by Crippen LogP contribution is 2.17. The number of nitrogens with one attached hydrogen (secondary N) is 2. The van der Waals surface area contributed by atoms with E-state index >= 15 is 0 Å². The number of carbonyl (C=O) groups excluding carboxylic acids is 1. The van der Waals surface area contributed by atoms with Gasteiger partial charge >= 0.3 is 6.03 Å². The van der Waals surface area contributed by atoms with E-state index < -0.39 is 5.54 Å². The Morgan fingerprint density at radius 3 is 2.47 bits per heavy atom. The van der Waals surface area contributed by atoms with E-state index in [4.69, 9.17) is 11.1 Å². The molecular weight excluding hydrogens is 216 g/mol. The summed E-state index contributed by atoms with van der Waals surface area (Å²) in [6.07, 6.45) is 2.73. The third-order valence-electron chi connectivity index (χ3n) is 3.76. The molecule has 1 saturated heterocycles. The normalized spacial score (nSPS) is 20.8. The summed E-state index contributed by atoms with van der Waals surface area (Å²) < 4.78 is 0. The quantitative estimate of drug-likeness (QED) is 0.516. The van der Waals surface area contributed by atoms with Gasteiger partial charge < -0.3 is 16.0 Å². The molecule has 5 nitrogen and oxygen atoms in total. The minimum absolute atomic E-state index is 0.0127. The van der Waals surface area contributed by atoms with Crippen molar-refractivity contribution in [2.24, 2.45) is 11.7 Å². The zero-order valence-electron chi connectivity index (χ0n) is 11.0. The Labute approximate surface area is 103 Å². The van der Waals surface area contributed by atoms with Crippen molar-refractivity contribution in [3.8, 4) is 0 Å². The topological polar surface area (TPSA) is 82.2 Å². The summed E-state index contributed by atoms with van der Waals surface area (Å²) in [5.74, 6) is 0.711. The van der Waals surface area contributed by atoms with Crippen molar-refractivity contribution in [3.05, 3.63) is 0 Å². The first-order valence-corrected chi connectivity index (χ1v) is 6.30. The number of nitrogens with two attached hydrogens (primary N) is 1. The van der Waals surface area contributed by atoms with Crippen molar-refractivity contribution in [1.82, 2.24) is 10.2 Å². The van der Waals surface area contributed by atoms with Gasteiger partial charge in [-0.1, -0.05) is 13.8 Å². The minimum Gasteiger partial charge on any atom is -0.386 e. The zero-order valence-corrected chi connectivity index (χ0v) is 11.0. The Morgan fingerprint density at radius 1 is 1.53 bits per heavy atom. The van der Waals surface area contributed by atoms with Crippen molar-refractivity contribution in [3.63, 3.8) is 0 Å². The molecule has 0 spiro atoms. The molecular formula is C12H24N4O. The third kappa shape index (κ3) is 3.35. The van der Waals surface area contributed by atoms with Crippen LogP contribution < -0.4 is 11.1 Å². The molecule has 0 bridgehead atoms. The predicted molar refractivity (Wildman–Crippen MR) is 69.1 cm³/mol. The number of amidine groups is 1. The van der Waals surface area contributed by atoms with E-state index in [0.717, 1.165) is 25.9 Å². The first-order valence-electron chi connectivity index (χ1n) is 6.30. The Hall–Kier alpha value is -1.26. The van der Waals surface area contributed by atoms with Gasteiger partial charge in [-0.25, -0.2) is 4.79 Å². The average molecular weight is 240 g/mol. The molecule has 1 unspecified atom stereocenters. The van der Waals surface area contributed by atoms with Crippen LogP contribution in [-0.2, 0) is 0 Å². The second kappa shape index (κ2) is 5.38. The maximum absolute atomic E-state index is 12.0. The van der Waals surface area contributed by atoms with Gasteiger partial charge in [0, 0.05) is 13.1 Å². The van der Waals surface area contributed by atoms with Crippen LogP contribution in [0.25, 0.3) is 0 Å². The van der Waals surface area contributed by atoms with Crippen molar-refractivity contribution < 1.29 is 4.79 Å². The van der Waals surface area contributed by atoms with E-state index in [9.17, 15) is 4.79 Å². The highest BCUT2D eigenvalue weighted by molar-refractivity contribution is 5.91. The highest BCUT2D eigenvalue weighted by Gasteiger charge is 2.30. The molecule has 0 aromatic carbocycles. The van der Waals surface area contributed by atoms with Gasteiger partial charge in [0.2, 0.25) is 0 Å². The van der Waals surface area contributed by atoms with Gasteiger partial charge in [0.05, 0.1) is 5.54 Å². The van der Waals surface area contributed by atoms with Crippen LogP contribution in [0.1, 0.15) is 40.0 Å². The Kier molecular flexibility index (Phi) is 4.37. The molecule has 1 aliphatic heterocycles. The van der Waals surface area contributed by atoms with E-state index in [1.807, 2.05) is 11.8 Å². The lowest BCUT2D eigenvalue weighted by Gasteiger charge is -2.35. The molecule has 1 rings (SSSR count). The molecule has 1 heterocycles. The number of urea groups is 1. The SMILES string of the molecule is CCC(C)(NC(=O)N1CCC(C)CC1)C(=N)N. The number of amides is 2.